The van der Waals surface area contributed by atoms with E-state index in [2.05, 4.69) is 15.9 Å². The normalized spacial score (nSPS) is 12.3. The highest BCUT2D eigenvalue weighted by Gasteiger charge is 2.27. The number of nitrogens with two attached hydrogens (primary N) is 1. The summed E-state index contributed by atoms with van der Waals surface area (Å²) in [4.78, 5) is 0.252. The number of nitrogens with zero attached hydrogens (tertiary/aromatic N) is 1. The topological polar surface area (TPSA) is 72.6 Å². The van der Waals surface area contributed by atoms with Crippen LogP contribution in [-0.4, -0.2) is 39.5 Å². The van der Waals surface area contributed by atoms with Crippen LogP contribution in [0.15, 0.2) is 27.6 Å². The van der Waals surface area contributed by atoms with Crippen LogP contribution in [0.25, 0.3) is 0 Å². The maximum atomic E-state index is 12.9. The van der Waals surface area contributed by atoms with Gasteiger partial charge < -0.3 is 10.5 Å². The number of benzene rings is 1. The van der Waals surface area contributed by atoms with Gasteiger partial charge in [0, 0.05) is 31.2 Å². The van der Waals surface area contributed by atoms with E-state index in [1.54, 1.807) is 19.2 Å². The van der Waals surface area contributed by atoms with E-state index in [1.807, 2.05) is 19.9 Å². The van der Waals surface area contributed by atoms with Gasteiger partial charge in [-0.1, -0.05) is 19.9 Å². The van der Waals surface area contributed by atoms with Crippen molar-refractivity contribution in [3.05, 3.63) is 28.2 Å². The predicted octanol–water partition coefficient (Wildman–Crippen LogP) is 2.20. The highest BCUT2D eigenvalue weighted by atomic mass is 79.9. The van der Waals surface area contributed by atoms with Gasteiger partial charge in [-0.15, -0.1) is 0 Å². The Bertz CT molecular complexity index is 561. The zero-order chi connectivity index (χ0) is 16.0. The van der Waals surface area contributed by atoms with Gasteiger partial charge in [0.1, 0.15) is 0 Å². The van der Waals surface area contributed by atoms with E-state index in [4.69, 9.17) is 10.5 Å². The van der Waals surface area contributed by atoms with E-state index in [1.165, 1.54) is 4.31 Å². The molecular weight excluding hydrogens is 356 g/mol. The molecule has 120 valence electrons. The number of methoxy groups -OCH3 is 1. The summed E-state index contributed by atoms with van der Waals surface area (Å²) in [6.07, 6.45) is 0. The molecule has 5 nitrogen and oxygen atoms in total. The van der Waals surface area contributed by atoms with Gasteiger partial charge in [-0.3, -0.25) is 0 Å². The van der Waals surface area contributed by atoms with Crippen molar-refractivity contribution in [1.82, 2.24) is 4.31 Å². The minimum absolute atomic E-state index is 0.230. The predicted molar refractivity (Wildman–Crippen MR) is 87.5 cm³/mol. The number of hydrogen-bond donors (Lipinski definition) is 1. The van der Waals surface area contributed by atoms with Crippen molar-refractivity contribution in [2.75, 3.05) is 26.8 Å². The molecule has 0 atom stereocenters. The fourth-order valence-corrected chi connectivity index (χ4v) is 4.48. The van der Waals surface area contributed by atoms with Crippen LogP contribution in [0.5, 0.6) is 0 Å². The molecule has 21 heavy (non-hydrogen) atoms. The van der Waals surface area contributed by atoms with Crippen LogP contribution in [0.3, 0.4) is 0 Å². The molecule has 1 aromatic rings. The lowest BCUT2D eigenvalue weighted by atomic mass is 10.2. The molecule has 0 saturated heterocycles. The molecule has 0 bridgehead atoms. The molecule has 0 radical (unpaired) electrons. The summed E-state index contributed by atoms with van der Waals surface area (Å²) in [6, 6.07) is 5.16. The van der Waals surface area contributed by atoms with Crippen molar-refractivity contribution in [2.24, 2.45) is 11.7 Å². The molecule has 2 N–H and O–H groups in total. The number of sulfonamides is 1. The Morgan fingerprint density at radius 3 is 2.57 bits per heavy atom. The summed E-state index contributed by atoms with van der Waals surface area (Å²) < 4.78 is 32.8. The molecule has 0 amide bonds. The molecule has 0 aliphatic heterocycles. The summed E-state index contributed by atoms with van der Waals surface area (Å²) >= 11 is 3.32. The Morgan fingerprint density at radius 1 is 1.38 bits per heavy atom. The van der Waals surface area contributed by atoms with Gasteiger partial charge >= 0.3 is 0 Å². The molecule has 0 aliphatic rings. The van der Waals surface area contributed by atoms with Crippen molar-refractivity contribution in [3.8, 4) is 0 Å². The Labute approximate surface area is 135 Å². The maximum Gasteiger partial charge on any atom is 0.244 e. The fourth-order valence-electron chi connectivity index (χ4n) is 1.92. The lowest BCUT2D eigenvalue weighted by Gasteiger charge is -2.24. The molecule has 7 heteroatoms. The van der Waals surface area contributed by atoms with Gasteiger partial charge in [-0.05, 0) is 39.5 Å². The quantitative estimate of drug-likeness (QED) is 0.752. The molecular formula is C14H23BrN2O3S. The zero-order valence-electron chi connectivity index (χ0n) is 12.7. The third-order valence-corrected chi connectivity index (χ3v) is 5.82. The number of halogens is 1. The number of ether oxygens (including phenoxy) is 1. The number of rotatable bonds is 8. The largest absolute Gasteiger partial charge is 0.383 e. The van der Waals surface area contributed by atoms with Gasteiger partial charge in [0.2, 0.25) is 10.0 Å². The maximum absolute atomic E-state index is 12.9. The van der Waals surface area contributed by atoms with Crippen LogP contribution in [0.1, 0.15) is 19.4 Å². The highest BCUT2D eigenvalue weighted by Crippen LogP contribution is 2.26. The van der Waals surface area contributed by atoms with Crippen molar-refractivity contribution in [2.45, 2.75) is 25.3 Å². The summed E-state index contributed by atoms with van der Waals surface area (Å²) in [5.41, 5.74) is 6.39. The summed E-state index contributed by atoms with van der Waals surface area (Å²) in [7, 11) is -2.02. The van der Waals surface area contributed by atoms with Crippen molar-refractivity contribution >= 4 is 26.0 Å². The van der Waals surface area contributed by atoms with Crippen LogP contribution in [0, 0.1) is 5.92 Å². The second kappa shape index (κ2) is 8.24. The van der Waals surface area contributed by atoms with E-state index < -0.39 is 10.0 Å². The van der Waals surface area contributed by atoms with Crippen LogP contribution in [0.4, 0.5) is 0 Å². The first-order valence-corrected chi connectivity index (χ1v) is 9.03. The van der Waals surface area contributed by atoms with E-state index in [-0.39, 0.29) is 10.8 Å². The molecule has 0 fully saturated rings. The molecule has 1 rings (SSSR count). The molecule has 0 aromatic heterocycles. The molecule has 1 aromatic carbocycles. The molecule has 0 aliphatic carbocycles. The Hall–Kier alpha value is -0.470. The van der Waals surface area contributed by atoms with Gasteiger partial charge in [-0.25, -0.2) is 8.42 Å². The smallest absolute Gasteiger partial charge is 0.244 e. The van der Waals surface area contributed by atoms with Gasteiger partial charge in [0.15, 0.2) is 0 Å². The Kier molecular flexibility index (Phi) is 7.29. The van der Waals surface area contributed by atoms with Crippen LogP contribution >= 0.6 is 15.9 Å². The van der Waals surface area contributed by atoms with Crippen molar-refractivity contribution < 1.29 is 13.2 Å². The number of hydrogen-bond acceptors (Lipinski definition) is 4. The van der Waals surface area contributed by atoms with Crippen LogP contribution in [0.2, 0.25) is 0 Å². The monoisotopic (exact) mass is 378 g/mol. The van der Waals surface area contributed by atoms with Crippen molar-refractivity contribution in [3.63, 3.8) is 0 Å². The van der Waals surface area contributed by atoms with Gasteiger partial charge in [0.05, 0.1) is 11.5 Å². The average molecular weight is 379 g/mol. The molecule has 0 heterocycles. The fraction of sp³-hybridized carbons (Fsp3) is 0.571. The lowest BCUT2D eigenvalue weighted by molar-refractivity contribution is 0.175. The first-order valence-electron chi connectivity index (χ1n) is 6.80. The summed E-state index contributed by atoms with van der Waals surface area (Å²) in [5.74, 6) is 0.230. The Morgan fingerprint density at radius 2 is 2.05 bits per heavy atom. The van der Waals surface area contributed by atoms with Gasteiger partial charge in [-0.2, -0.15) is 4.31 Å². The van der Waals surface area contributed by atoms with E-state index in [9.17, 15) is 8.42 Å². The second-order valence-corrected chi connectivity index (χ2v) is 7.98. The molecule has 0 spiro atoms. The zero-order valence-corrected chi connectivity index (χ0v) is 15.1. The average Bonchev–Trinajstić information content (AvgIpc) is 2.43. The molecule has 0 saturated carbocycles. The molecule has 0 unspecified atom stereocenters. The van der Waals surface area contributed by atoms with Crippen LogP contribution in [-0.2, 0) is 21.3 Å². The minimum Gasteiger partial charge on any atom is -0.383 e. The highest BCUT2D eigenvalue weighted by molar-refractivity contribution is 9.10. The third kappa shape index (κ3) is 5.03. The van der Waals surface area contributed by atoms with E-state index >= 15 is 0 Å². The van der Waals surface area contributed by atoms with Crippen molar-refractivity contribution in [1.29, 1.82) is 0 Å². The minimum atomic E-state index is -3.58. The van der Waals surface area contributed by atoms with Crippen LogP contribution < -0.4 is 5.73 Å². The third-order valence-electron chi connectivity index (χ3n) is 2.96. The first kappa shape index (κ1) is 18.6. The van der Waals surface area contributed by atoms with Gasteiger partial charge in [0.25, 0.3) is 0 Å². The Balaban J connectivity index is 3.20. The lowest BCUT2D eigenvalue weighted by Crippen LogP contribution is -2.37. The van der Waals surface area contributed by atoms with E-state index in [0.717, 1.165) is 5.56 Å². The van der Waals surface area contributed by atoms with E-state index in [0.29, 0.717) is 30.7 Å². The second-order valence-electron chi connectivity index (χ2n) is 5.22. The summed E-state index contributed by atoms with van der Waals surface area (Å²) in [5, 5.41) is 0. The first-order chi connectivity index (χ1) is 9.82. The SMILES string of the molecule is COCCN(CC(C)C)S(=O)(=O)c1cc(CN)ccc1Br. The standard InChI is InChI=1S/C14H23BrN2O3S/c1-11(2)10-17(6-7-20-3)21(18,19)14-8-12(9-16)4-5-13(14)15/h4-5,8,11H,6-7,9-10,16H2,1-3H3. The summed E-state index contributed by atoms with van der Waals surface area (Å²) in [6.45, 7) is 5.42.